The van der Waals surface area contributed by atoms with E-state index in [9.17, 15) is 4.79 Å². The van der Waals surface area contributed by atoms with Gasteiger partial charge in [-0.25, -0.2) is 0 Å². The van der Waals surface area contributed by atoms with E-state index in [0.717, 1.165) is 5.92 Å². The molecule has 0 spiro atoms. The lowest BCUT2D eigenvalue weighted by Crippen LogP contribution is -2.45. The zero-order valence-electron chi connectivity index (χ0n) is 11.6. The van der Waals surface area contributed by atoms with Crippen LogP contribution in [0.3, 0.4) is 0 Å². The van der Waals surface area contributed by atoms with Crippen LogP contribution in [-0.2, 0) is 4.79 Å². The quantitative estimate of drug-likeness (QED) is 0.804. The van der Waals surface area contributed by atoms with E-state index in [1.165, 1.54) is 32.1 Å². The van der Waals surface area contributed by atoms with E-state index in [1.807, 2.05) is 6.92 Å². The highest BCUT2D eigenvalue weighted by molar-refractivity contribution is 5.70. The molecule has 2 atom stereocenters. The fraction of sp³-hybridized carbons (Fsp3) is 0.929. The molecule has 1 aliphatic rings. The lowest BCUT2D eigenvalue weighted by molar-refractivity contribution is -0.143. The molecule has 0 saturated heterocycles. The van der Waals surface area contributed by atoms with E-state index in [2.05, 4.69) is 18.9 Å². The van der Waals surface area contributed by atoms with E-state index in [0.29, 0.717) is 6.04 Å². The van der Waals surface area contributed by atoms with Gasteiger partial charge in [-0.1, -0.05) is 20.3 Å². The summed E-state index contributed by atoms with van der Waals surface area (Å²) < 4.78 is 0. The Kier molecular flexibility index (Phi) is 5.44. The maximum atomic E-state index is 11.0. The van der Waals surface area contributed by atoms with Gasteiger partial charge in [0, 0.05) is 12.1 Å². The lowest BCUT2D eigenvalue weighted by Gasteiger charge is -2.39. The molecule has 1 fully saturated rings. The van der Waals surface area contributed by atoms with E-state index >= 15 is 0 Å². The second kappa shape index (κ2) is 6.39. The number of carboxylic acid groups (broad SMARTS) is 1. The van der Waals surface area contributed by atoms with Gasteiger partial charge in [0.2, 0.25) is 0 Å². The lowest BCUT2D eigenvalue weighted by atomic mass is 9.83. The summed E-state index contributed by atoms with van der Waals surface area (Å²) >= 11 is 0. The second-order valence-corrected chi connectivity index (χ2v) is 5.62. The number of nitrogens with zero attached hydrogens (tertiary/aromatic N) is 1. The molecule has 0 radical (unpaired) electrons. The highest BCUT2D eigenvalue weighted by Gasteiger charge is 2.30. The van der Waals surface area contributed by atoms with Crippen molar-refractivity contribution in [2.75, 3.05) is 7.05 Å². The zero-order chi connectivity index (χ0) is 13.0. The molecule has 0 aromatic heterocycles. The molecule has 1 N–H and O–H groups in total. The molecule has 3 nitrogen and oxygen atoms in total. The highest BCUT2D eigenvalue weighted by Crippen LogP contribution is 2.30. The molecule has 1 aliphatic carbocycles. The van der Waals surface area contributed by atoms with Gasteiger partial charge in [-0.05, 0) is 45.6 Å². The molecule has 0 amide bonds. The van der Waals surface area contributed by atoms with Crippen LogP contribution in [0.5, 0.6) is 0 Å². The summed E-state index contributed by atoms with van der Waals surface area (Å²) in [6.45, 7) is 6.11. The Labute approximate surface area is 105 Å². The first-order chi connectivity index (χ1) is 7.97. The molecule has 0 heterocycles. The van der Waals surface area contributed by atoms with Crippen LogP contribution in [-0.4, -0.2) is 35.1 Å². The summed E-state index contributed by atoms with van der Waals surface area (Å²) in [5.41, 5.74) is 0. The van der Waals surface area contributed by atoms with Crippen LogP contribution in [0.15, 0.2) is 0 Å². The molecule has 1 saturated carbocycles. The summed E-state index contributed by atoms with van der Waals surface area (Å²) in [7, 11) is 2.08. The summed E-state index contributed by atoms with van der Waals surface area (Å²) in [5, 5.41) is 9.05. The van der Waals surface area contributed by atoms with Crippen LogP contribution >= 0.6 is 0 Å². The fourth-order valence-electron chi connectivity index (χ4n) is 2.85. The molecule has 3 heteroatoms. The van der Waals surface area contributed by atoms with E-state index in [4.69, 9.17) is 5.11 Å². The second-order valence-electron chi connectivity index (χ2n) is 5.62. The van der Waals surface area contributed by atoms with E-state index in [-0.39, 0.29) is 12.0 Å². The van der Waals surface area contributed by atoms with Crippen LogP contribution in [0.2, 0.25) is 0 Å². The average Bonchev–Trinajstić information content (AvgIpc) is 2.36. The molecule has 1 rings (SSSR count). The van der Waals surface area contributed by atoms with Gasteiger partial charge in [-0.2, -0.15) is 0 Å². The topological polar surface area (TPSA) is 40.5 Å². The van der Waals surface area contributed by atoms with Gasteiger partial charge in [0.15, 0.2) is 0 Å². The van der Waals surface area contributed by atoms with Crippen LogP contribution in [0, 0.1) is 11.8 Å². The molecule has 17 heavy (non-hydrogen) atoms. The van der Waals surface area contributed by atoms with Crippen LogP contribution in [0.4, 0.5) is 0 Å². The van der Waals surface area contributed by atoms with Gasteiger partial charge in [-0.15, -0.1) is 0 Å². The van der Waals surface area contributed by atoms with Gasteiger partial charge < -0.3 is 5.11 Å². The first-order valence-electron chi connectivity index (χ1n) is 6.92. The normalized spacial score (nSPS) is 29.0. The largest absolute Gasteiger partial charge is 0.481 e. The Balaban J connectivity index is 2.48. The summed E-state index contributed by atoms with van der Waals surface area (Å²) in [4.78, 5) is 13.3. The first-order valence-corrected chi connectivity index (χ1v) is 6.92. The summed E-state index contributed by atoms with van der Waals surface area (Å²) in [6.07, 6.45) is 6.36. The Morgan fingerprint density at radius 3 is 2.24 bits per heavy atom. The van der Waals surface area contributed by atoms with Crippen molar-refractivity contribution in [2.45, 2.75) is 65.0 Å². The average molecular weight is 241 g/mol. The van der Waals surface area contributed by atoms with Crippen molar-refractivity contribution < 1.29 is 9.90 Å². The van der Waals surface area contributed by atoms with E-state index in [1.54, 1.807) is 6.92 Å². The monoisotopic (exact) mass is 241 g/mol. The van der Waals surface area contributed by atoms with Crippen molar-refractivity contribution in [3.05, 3.63) is 0 Å². The number of carbonyl (C=O) groups is 1. The maximum absolute atomic E-state index is 11.0. The van der Waals surface area contributed by atoms with E-state index < -0.39 is 5.97 Å². The van der Waals surface area contributed by atoms with Crippen LogP contribution in [0.1, 0.15) is 52.9 Å². The predicted octanol–water partition coefficient (Wildman–Crippen LogP) is 3.00. The van der Waals surface area contributed by atoms with Crippen molar-refractivity contribution in [1.82, 2.24) is 4.90 Å². The number of hydrogen-bond acceptors (Lipinski definition) is 2. The Morgan fingerprint density at radius 1 is 1.29 bits per heavy atom. The van der Waals surface area contributed by atoms with Gasteiger partial charge in [0.05, 0.1) is 5.92 Å². The molecule has 0 aromatic rings. The summed E-state index contributed by atoms with van der Waals surface area (Å²) in [5.74, 6) is -0.0812. The van der Waals surface area contributed by atoms with Gasteiger partial charge >= 0.3 is 5.97 Å². The van der Waals surface area contributed by atoms with Crippen molar-refractivity contribution >= 4 is 5.97 Å². The standard InChI is InChI=1S/C14H27NO2/c1-5-12-6-8-13(9-7-12)15(4)11(3)10(2)14(16)17/h10-13H,5-9H2,1-4H3,(H,16,17). The first kappa shape index (κ1) is 14.5. The highest BCUT2D eigenvalue weighted by atomic mass is 16.4. The molecule has 0 bridgehead atoms. The number of aliphatic carboxylic acids is 1. The van der Waals surface area contributed by atoms with Gasteiger partial charge in [0.25, 0.3) is 0 Å². The Morgan fingerprint density at radius 2 is 1.82 bits per heavy atom. The minimum atomic E-state index is -0.688. The Hall–Kier alpha value is -0.570. The maximum Gasteiger partial charge on any atom is 0.307 e. The van der Waals surface area contributed by atoms with Gasteiger partial charge in [0.1, 0.15) is 0 Å². The SMILES string of the molecule is CCC1CCC(N(C)C(C)C(C)C(=O)O)CC1. The van der Waals surface area contributed by atoms with Crippen molar-refractivity contribution in [2.24, 2.45) is 11.8 Å². The predicted molar refractivity (Wildman–Crippen MR) is 70.1 cm³/mol. The summed E-state index contributed by atoms with van der Waals surface area (Å²) in [6, 6.07) is 0.699. The number of carboxylic acids is 1. The molecule has 0 aliphatic heterocycles. The number of hydrogen-bond donors (Lipinski definition) is 1. The van der Waals surface area contributed by atoms with Crippen molar-refractivity contribution in [3.63, 3.8) is 0 Å². The molecule has 100 valence electrons. The fourth-order valence-corrected chi connectivity index (χ4v) is 2.85. The minimum absolute atomic E-state index is 0.121. The third-order valence-electron chi connectivity index (χ3n) is 4.73. The Bertz CT molecular complexity index is 247. The third-order valence-corrected chi connectivity index (χ3v) is 4.73. The molecule has 2 unspecified atom stereocenters. The molecular weight excluding hydrogens is 214 g/mol. The third kappa shape index (κ3) is 3.70. The van der Waals surface area contributed by atoms with Gasteiger partial charge in [-0.3, -0.25) is 9.69 Å². The minimum Gasteiger partial charge on any atom is -0.481 e. The smallest absolute Gasteiger partial charge is 0.307 e. The molecular formula is C14H27NO2. The zero-order valence-corrected chi connectivity index (χ0v) is 11.6. The van der Waals surface area contributed by atoms with Crippen molar-refractivity contribution in [1.29, 1.82) is 0 Å². The van der Waals surface area contributed by atoms with Crippen LogP contribution < -0.4 is 0 Å². The van der Waals surface area contributed by atoms with Crippen LogP contribution in [0.25, 0.3) is 0 Å². The molecule has 0 aromatic carbocycles. The van der Waals surface area contributed by atoms with Crippen molar-refractivity contribution in [3.8, 4) is 0 Å². The number of rotatable bonds is 5.